The molecule has 3 heteroatoms. The van der Waals surface area contributed by atoms with Crippen LogP contribution in [0, 0.1) is 0 Å². The van der Waals surface area contributed by atoms with Gasteiger partial charge < -0.3 is 0 Å². The summed E-state index contributed by atoms with van der Waals surface area (Å²) in [5, 5.41) is 0.983. The molecule has 8 rings (SSSR count). The number of anilines is 3. The van der Waals surface area contributed by atoms with Crippen molar-refractivity contribution in [2.24, 2.45) is 0 Å². The van der Waals surface area contributed by atoms with Gasteiger partial charge in [0.15, 0.2) is 5.82 Å². The molecule has 0 aliphatic carbocycles. The molecule has 0 spiro atoms. The van der Waals surface area contributed by atoms with Crippen LogP contribution in [0.3, 0.4) is 0 Å². The highest BCUT2D eigenvalue weighted by Crippen LogP contribution is 2.40. The highest BCUT2D eigenvalue weighted by molar-refractivity contribution is 5.96. The molecule has 47 heavy (non-hydrogen) atoms. The van der Waals surface area contributed by atoms with E-state index in [4.69, 9.17) is 9.97 Å². The van der Waals surface area contributed by atoms with Crippen LogP contribution in [0.5, 0.6) is 0 Å². The van der Waals surface area contributed by atoms with E-state index in [2.05, 4.69) is 169 Å². The van der Waals surface area contributed by atoms with Crippen LogP contribution in [0.15, 0.2) is 188 Å². The fourth-order valence-electron chi connectivity index (χ4n) is 6.06. The van der Waals surface area contributed by atoms with Gasteiger partial charge in [-0.05, 0) is 69.8 Å². The van der Waals surface area contributed by atoms with E-state index in [0.29, 0.717) is 5.82 Å². The molecule has 0 N–H and O–H groups in total. The van der Waals surface area contributed by atoms with Crippen molar-refractivity contribution < 1.29 is 0 Å². The summed E-state index contributed by atoms with van der Waals surface area (Å²) in [6, 6.07) is 65.6. The number of rotatable bonds is 7. The van der Waals surface area contributed by atoms with Crippen LogP contribution in [-0.4, -0.2) is 9.97 Å². The molecule has 0 aliphatic rings. The van der Waals surface area contributed by atoms with Crippen molar-refractivity contribution in [3.05, 3.63) is 188 Å². The lowest BCUT2D eigenvalue weighted by Crippen LogP contribution is -2.13. The monoisotopic (exact) mass is 601 g/mol. The molecule has 0 radical (unpaired) electrons. The van der Waals surface area contributed by atoms with Crippen molar-refractivity contribution in [3.63, 3.8) is 0 Å². The van der Waals surface area contributed by atoms with Crippen LogP contribution < -0.4 is 4.90 Å². The summed E-state index contributed by atoms with van der Waals surface area (Å²) in [6.45, 7) is 0. The van der Waals surface area contributed by atoms with Crippen molar-refractivity contribution in [3.8, 4) is 44.8 Å². The van der Waals surface area contributed by atoms with Crippen LogP contribution >= 0.6 is 0 Å². The molecule has 0 unspecified atom stereocenters. The normalized spacial score (nSPS) is 11.0. The predicted octanol–water partition coefficient (Wildman–Crippen LogP) is 11.8. The SMILES string of the molecule is c1ccc(-c2ccc(-c3nc(N(c4ccc(-c5ccccc5)cc4)c4ccc(-c5ccccc5)cc4)c4ccccc4n3)cc2)cc1. The molecule has 0 amide bonds. The lowest BCUT2D eigenvalue weighted by atomic mass is 10.0. The van der Waals surface area contributed by atoms with Gasteiger partial charge in [-0.3, -0.25) is 4.90 Å². The summed E-state index contributed by atoms with van der Waals surface area (Å²) >= 11 is 0. The minimum Gasteiger partial charge on any atom is -0.294 e. The Bertz CT molecular complexity index is 2160. The minimum atomic E-state index is 0.685. The molecule has 222 valence electrons. The van der Waals surface area contributed by atoms with E-state index in [1.54, 1.807) is 0 Å². The Morgan fingerprint density at radius 3 is 1.13 bits per heavy atom. The first-order valence-electron chi connectivity index (χ1n) is 15.8. The Morgan fingerprint density at radius 1 is 0.298 bits per heavy atom. The van der Waals surface area contributed by atoms with Gasteiger partial charge in [0.25, 0.3) is 0 Å². The molecule has 1 aromatic heterocycles. The second-order valence-electron chi connectivity index (χ2n) is 11.5. The molecule has 0 aliphatic heterocycles. The van der Waals surface area contributed by atoms with E-state index in [0.717, 1.165) is 39.2 Å². The van der Waals surface area contributed by atoms with Crippen LogP contribution in [0.4, 0.5) is 17.2 Å². The third-order valence-electron chi connectivity index (χ3n) is 8.51. The number of nitrogens with zero attached hydrogens (tertiary/aromatic N) is 3. The van der Waals surface area contributed by atoms with Crippen molar-refractivity contribution in [1.29, 1.82) is 0 Å². The zero-order chi connectivity index (χ0) is 31.4. The molecule has 0 bridgehead atoms. The van der Waals surface area contributed by atoms with E-state index in [-0.39, 0.29) is 0 Å². The molecule has 0 atom stereocenters. The Morgan fingerprint density at radius 2 is 0.660 bits per heavy atom. The molecule has 0 saturated heterocycles. The molecule has 0 saturated carbocycles. The van der Waals surface area contributed by atoms with Crippen LogP contribution in [0.25, 0.3) is 55.7 Å². The number of hydrogen-bond donors (Lipinski definition) is 0. The predicted molar refractivity (Wildman–Crippen MR) is 196 cm³/mol. The summed E-state index contributed by atoms with van der Waals surface area (Å²) in [4.78, 5) is 12.6. The average molecular weight is 602 g/mol. The van der Waals surface area contributed by atoms with E-state index >= 15 is 0 Å². The van der Waals surface area contributed by atoms with E-state index in [1.807, 2.05) is 24.3 Å². The van der Waals surface area contributed by atoms with Gasteiger partial charge in [-0.15, -0.1) is 0 Å². The number of fused-ring (bicyclic) bond motifs is 1. The summed E-state index contributed by atoms with van der Waals surface area (Å²) in [6.07, 6.45) is 0. The number of benzene rings is 7. The first kappa shape index (κ1) is 28.2. The smallest absolute Gasteiger partial charge is 0.162 e. The first-order valence-corrected chi connectivity index (χ1v) is 15.8. The lowest BCUT2D eigenvalue weighted by Gasteiger charge is -2.26. The summed E-state index contributed by atoms with van der Waals surface area (Å²) in [7, 11) is 0. The van der Waals surface area contributed by atoms with Gasteiger partial charge in [-0.1, -0.05) is 152 Å². The standard InChI is InChI=1S/C44H31N3/c1-4-12-32(13-5-1)35-20-22-38(23-21-35)43-45-42-19-11-10-18-41(42)44(46-43)47(39-28-24-36(25-29-39)33-14-6-2-7-15-33)40-30-26-37(27-31-40)34-16-8-3-9-17-34/h1-31H. The lowest BCUT2D eigenvalue weighted by molar-refractivity contribution is 1.15. The largest absolute Gasteiger partial charge is 0.294 e. The van der Waals surface area contributed by atoms with Gasteiger partial charge in [-0.2, -0.15) is 0 Å². The Balaban J connectivity index is 1.27. The van der Waals surface area contributed by atoms with E-state index in [1.165, 1.54) is 27.8 Å². The third kappa shape index (κ3) is 5.79. The van der Waals surface area contributed by atoms with Gasteiger partial charge in [-0.25, -0.2) is 9.97 Å². The zero-order valence-corrected chi connectivity index (χ0v) is 25.7. The van der Waals surface area contributed by atoms with Crippen molar-refractivity contribution in [2.75, 3.05) is 4.90 Å². The fourth-order valence-corrected chi connectivity index (χ4v) is 6.06. The van der Waals surface area contributed by atoms with Gasteiger partial charge in [0.2, 0.25) is 0 Å². The quantitative estimate of drug-likeness (QED) is 0.182. The van der Waals surface area contributed by atoms with Crippen LogP contribution in [-0.2, 0) is 0 Å². The zero-order valence-electron chi connectivity index (χ0n) is 25.7. The Labute approximate surface area is 275 Å². The number of hydrogen-bond acceptors (Lipinski definition) is 3. The molecule has 1 heterocycles. The molecule has 3 nitrogen and oxygen atoms in total. The molecule has 0 fully saturated rings. The number of aromatic nitrogens is 2. The van der Waals surface area contributed by atoms with E-state index in [9.17, 15) is 0 Å². The summed E-state index contributed by atoms with van der Waals surface area (Å²) in [5.74, 6) is 1.52. The fraction of sp³-hybridized carbons (Fsp3) is 0. The average Bonchev–Trinajstić information content (AvgIpc) is 3.16. The van der Waals surface area contributed by atoms with E-state index < -0.39 is 0 Å². The van der Waals surface area contributed by atoms with Gasteiger partial charge in [0, 0.05) is 22.3 Å². The van der Waals surface area contributed by atoms with Gasteiger partial charge in [0.05, 0.1) is 5.52 Å². The summed E-state index contributed by atoms with van der Waals surface area (Å²) < 4.78 is 0. The second kappa shape index (κ2) is 12.6. The highest BCUT2D eigenvalue weighted by Gasteiger charge is 2.20. The Kier molecular flexibility index (Phi) is 7.54. The minimum absolute atomic E-state index is 0.685. The first-order chi connectivity index (χ1) is 23.3. The topological polar surface area (TPSA) is 29.0 Å². The van der Waals surface area contributed by atoms with Crippen molar-refractivity contribution >= 4 is 28.1 Å². The second-order valence-corrected chi connectivity index (χ2v) is 11.5. The van der Waals surface area contributed by atoms with Crippen LogP contribution in [0.1, 0.15) is 0 Å². The molecular formula is C44H31N3. The maximum absolute atomic E-state index is 5.30. The third-order valence-corrected chi connectivity index (χ3v) is 8.51. The highest BCUT2D eigenvalue weighted by atomic mass is 15.2. The number of para-hydroxylation sites is 1. The van der Waals surface area contributed by atoms with Crippen molar-refractivity contribution in [2.45, 2.75) is 0 Å². The van der Waals surface area contributed by atoms with Crippen molar-refractivity contribution in [1.82, 2.24) is 9.97 Å². The maximum atomic E-state index is 5.30. The van der Waals surface area contributed by atoms with Gasteiger partial charge >= 0.3 is 0 Å². The molecule has 7 aromatic carbocycles. The van der Waals surface area contributed by atoms with Gasteiger partial charge in [0.1, 0.15) is 5.82 Å². The maximum Gasteiger partial charge on any atom is 0.162 e. The Hall–Kier alpha value is -6.32. The summed E-state index contributed by atoms with van der Waals surface area (Å²) in [5.41, 5.74) is 11.0. The van der Waals surface area contributed by atoms with Crippen LogP contribution in [0.2, 0.25) is 0 Å². The molecule has 8 aromatic rings. The molecular weight excluding hydrogens is 571 g/mol.